The molecule has 13 nitrogen and oxygen atoms in total. The Morgan fingerprint density at radius 3 is 2.79 bits per heavy atom. The number of nitrogens with zero attached hydrogens (tertiary/aromatic N) is 2. The molecular formula is C27H37N5O8S2. The SMILES string of the molecule is COCCNS(=O)(=O)c1cccc(OCC(O)CNC2COC3(CCN(S(=O)(=O)c4cnc5cc[nH]c5c4)CC3)C2)c1. The summed E-state index contributed by atoms with van der Waals surface area (Å²) in [7, 11) is -5.88. The van der Waals surface area contributed by atoms with Gasteiger partial charge in [-0.2, -0.15) is 4.31 Å². The molecule has 1 spiro atoms. The van der Waals surface area contributed by atoms with Gasteiger partial charge in [0.05, 0.1) is 34.7 Å². The van der Waals surface area contributed by atoms with Gasteiger partial charge in [0.2, 0.25) is 20.0 Å². The second-order valence-electron chi connectivity index (χ2n) is 10.6. The van der Waals surface area contributed by atoms with Gasteiger partial charge in [0, 0.05) is 57.8 Å². The number of H-pyrrole nitrogens is 1. The largest absolute Gasteiger partial charge is 0.491 e. The predicted octanol–water partition coefficient (Wildman–Crippen LogP) is 0.829. The Morgan fingerprint density at radius 1 is 1.19 bits per heavy atom. The van der Waals surface area contributed by atoms with E-state index in [0.29, 0.717) is 55.7 Å². The maximum atomic E-state index is 13.2. The Morgan fingerprint density at radius 2 is 2.00 bits per heavy atom. The molecule has 2 atom stereocenters. The van der Waals surface area contributed by atoms with E-state index in [9.17, 15) is 21.9 Å². The topological polar surface area (TPSA) is 172 Å². The van der Waals surface area contributed by atoms with Gasteiger partial charge in [-0.25, -0.2) is 21.6 Å². The molecule has 15 heteroatoms. The minimum absolute atomic E-state index is 0.00828. The van der Waals surface area contributed by atoms with Crippen molar-refractivity contribution in [2.75, 3.05) is 53.1 Å². The molecule has 2 unspecified atom stereocenters. The lowest BCUT2D eigenvalue weighted by Crippen LogP contribution is -2.47. The molecule has 2 aromatic heterocycles. The molecule has 0 bridgehead atoms. The number of aromatic amines is 1. The summed E-state index contributed by atoms with van der Waals surface area (Å²) < 4.78 is 71.9. The van der Waals surface area contributed by atoms with Crippen molar-refractivity contribution < 1.29 is 36.2 Å². The quantitative estimate of drug-likeness (QED) is 0.200. The second-order valence-corrected chi connectivity index (χ2v) is 14.3. The predicted molar refractivity (Wildman–Crippen MR) is 154 cm³/mol. The number of nitrogens with one attached hydrogen (secondary N) is 3. The Hall–Kier alpha value is -2.63. The highest BCUT2D eigenvalue weighted by Crippen LogP contribution is 2.37. The highest BCUT2D eigenvalue weighted by atomic mass is 32.2. The summed E-state index contributed by atoms with van der Waals surface area (Å²) in [4.78, 5) is 7.48. The number of fused-ring (bicyclic) bond motifs is 1. The number of aliphatic hydroxyl groups excluding tert-OH is 1. The lowest BCUT2D eigenvalue weighted by molar-refractivity contribution is -0.0312. The zero-order chi connectivity index (χ0) is 29.8. The van der Waals surface area contributed by atoms with Crippen molar-refractivity contribution >= 4 is 31.1 Å². The molecule has 2 fully saturated rings. The number of ether oxygens (including phenoxy) is 3. The molecule has 3 aromatic rings. The summed E-state index contributed by atoms with van der Waals surface area (Å²) in [6.07, 6.45) is 4.16. The van der Waals surface area contributed by atoms with Crippen LogP contribution in [-0.4, -0.2) is 107 Å². The van der Waals surface area contributed by atoms with Crippen molar-refractivity contribution in [1.82, 2.24) is 24.3 Å². The molecule has 4 N–H and O–H groups in total. The first-order chi connectivity index (χ1) is 20.1. The summed E-state index contributed by atoms with van der Waals surface area (Å²) >= 11 is 0. The third-order valence-electron chi connectivity index (χ3n) is 7.65. The zero-order valence-corrected chi connectivity index (χ0v) is 25.0. The smallest absolute Gasteiger partial charge is 0.244 e. The van der Waals surface area contributed by atoms with E-state index in [-0.39, 0.29) is 42.1 Å². The number of sulfonamides is 2. The van der Waals surface area contributed by atoms with Crippen LogP contribution >= 0.6 is 0 Å². The van der Waals surface area contributed by atoms with Gasteiger partial charge in [-0.05, 0) is 43.5 Å². The fraction of sp³-hybridized carbons (Fsp3) is 0.519. The molecule has 5 rings (SSSR count). The Labute approximate surface area is 245 Å². The van der Waals surface area contributed by atoms with Crippen molar-refractivity contribution in [3.05, 3.63) is 48.8 Å². The number of aliphatic hydroxyl groups is 1. The average Bonchev–Trinajstić information content (AvgIpc) is 3.62. The number of pyridine rings is 1. The first-order valence-electron chi connectivity index (χ1n) is 13.8. The van der Waals surface area contributed by atoms with Crippen LogP contribution in [0.2, 0.25) is 0 Å². The van der Waals surface area contributed by atoms with E-state index in [0.717, 1.165) is 0 Å². The van der Waals surface area contributed by atoms with Gasteiger partial charge in [-0.1, -0.05) is 6.07 Å². The molecule has 0 saturated carbocycles. The maximum absolute atomic E-state index is 13.2. The molecule has 2 aliphatic heterocycles. The van der Waals surface area contributed by atoms with Crippen molar-refractivity contribution in [2.45, 2.75) is 46.8 Å². The van der Waals surface area contributed by atoms with Crippen LogP contribution < -0.4 is 14.8 Å². The van der Waals surface area contributed by atoms with Gasteiger partial charge >= 0.3 is 0 Å². The van der Waals surface area contributed by atoms with Crippen molar-refractivity contribution in [3.63, 3.8) is 0 Å². The Balaban J connectivity index is 1.06. The number of hydrogen-bond acceptors (Lipinski definition) is 10. The molecule has 0 amide bonds. The lowest BCUT2D eigenvalue weighted by atomic mass is 9.88. The summed E-state index contributed by atoms with van der Waals surface area (Å²) in [6.45, 7) is 1.81. The molecule has 4 heterocycles. The summed E-state index contributed by atoms with van der Waals surface area (Å²) in [5.41, 5.74) is 0.987. The van der Waals surface area contributed by atoms with E-state index in [1.165, 1.54) is 29.7 Å². The summed E-state index contributed by atoms with van der Waals surface area (Å²) in [5.74, 6) is 0.331. The first-order valence-corrected chi connectivity index (χ1v) is 16.7. The van der Waals surface area contributed by atoms with Gasteiger partial charge in [-0.3, -0.25) is 4.98 Å². The molecule has 1 aromatic carbocycles. The first kappa shape index (κ1) is 30.8. The minimum atomic E-state index is -3.70. The number of benzene rings is 1. The minimum Gasteiger partial charge on any atom is -0.491 e. The van der Waals surface area contributed by atoms with Crippen LogP contribution in [0.4, 0.5) is 0 Å². The molecule has 230 valence electrons. The number of aromatic nitrogens is 2. The fourth-order valence-corrected chi connectivity index (χ4v) is 7.77. The number of rotatable bonds is 13. The average molecular weight is 624 g/mol. The van der Waals surface area contributed by atoms with Crippen LogP contribution in [0.3, 0.4) is 0 Å². The zero-order valence-electron chi connectivity index (χ0n) is 23.4. The number of methoxy groups -OCH3 is 1. The van der Waals surface area contributed by atoms with E-state index in [4.69, 9.17) is 14.2 Å². The van der Waals surface area contributed by atoms with E-state index in [1.54, 1.807) is 30.5 Å². The number of piperidine rings is 1. The Kier molecular flexibility index (Phi) is 9.49. The molecule has 42 heavy (non-hydrogen) atoms. The van der Waals surface area contributed by atoms with Gasteiger partial charge in [-0.15, -0.1) is 0 Å². The second kappa shape index (κ2) is 12.9. The van der Waals surface area contributed by atoms with Gasteiger partial charge in [0.15, 0.2) is 0 Å². The van der Waals surface area contributed by atoms with Crippen LogP contribution in [0.5, 0.6) is 5.75 Å². The van der Waals surface area contributed by atoms with Crippen molar-refractivity contribution in [1.29, 1.82) is 0 Å². The van der Waals surface area contributed by atoms with Gasteiger partial charge in [0.1, 0.15) is 23.4 Å². The van der Waals surface area contributed by atoms with Gasteiger partial charge in [0.25, 0.3) is 0 Å². The Bertz CT molecular complexity index is 1570. The summed E-state index contributed by atoms with van der Waals surface area (Å²) in [6, 6.07) is 9.50. The summed E-state index contributed by atoms with van der Waals surface area (Å²) in [5, 5.41) is 13.8. The molecule has 2 saturated heterocycles. The van der Waals surface area contributed by atoms with E-state index >= 15 is 0 Å². The fourth-order valence-electron chi connectivity index (χ4n) is 5.31. The standard InChI is InChI=1S/C27H37N5O8S2/c1-38-12-9-31-41(34,35)23-4-2-3-22(13-23)39-19-21(33)16-29-20-15-27(40-18-20)6-10-32(11-7-27)42(36,37)24-14-26-25(30-17-24)5-8-28-26/h2-5,8,13-14,17,20-21,28-29,31,33H,6-7,9-12,15-16,18-19H2,1H3. The highest BCUT2D eigenvalue weighted by molar-refractivity contribution is 7.89. The van der Waals surface area contributed by atoms with Gasteiger partial charge < -0.3 is 29.6 Å². The van der Waals surface area contributed by atoms with Crippen LogP contribution in [0, 0.1) is 0 Å². The lowest BCUT2D eigenvalue weighted by Gasteiger charge is -2.38. The molecule has 2 aliphatic rings. The van der Waals surface area contributed by atoms with Crippen LogP contribution in [0.1, 0.15) is 19.3 Å². The highest BCUT2D eigenvalue weighted by Gasteiger charge is 2.44. The maximum Gasteiger partial charge on any atom is 0.244 e. The van der Waals surface area contributed by atoms with E-state index in [2.05, 4.69) is 20.0 Å². The normalized spacial score (nSPS) is 20.3. The van der Waals surface area contributed by atoms with Crippen LogP contribution in [-0.2, 0) is 29.5 Å². The van der Waals surface area contributed by atoms with E-state index < -0.39 is 31.8 Å². The van der Waals surface area contributed by atoms with Crippen LogP contribution in [0.25, 0.3) is 11.0 Å². The third-order valence-corrected chi connectivity index (χ3v) is 11.0. The monoisotopic (exact) mass is 623 g/mol. The van der Waals surface area contributed by atoms with Crippen LogP contribution in [0.15, 0.2) is 58.6 Å². The number of hydrogen-bond donors (Lipinski definition) is 4. The molecular weight excluding hydrogens is 586 g/mol. The third kappa shape index (κ3) is 7.11. The molecule has 0 radical (unpaired) electrons. The van der Waals surface area contributed by atoms with E-state index in [1.807, 2.05) is 0 Å². The molecule has 0 aliphatic carbocycles. The van der Waals surface area contributed by atoms with Crippen molar-refractivity contribution in [3.8, 4) is 5.75 Å². The van der Waals surface area contributed by atoms with Crippen molar-refractivity contribution in [2.24, 2.45) is 0 Å².